The maximum Gasteiger partial charge on any atom is 0.230 e. The summed E-state index contributed by atoms with van der Waals surface area (Å²) in [6.07, 6.45) is 1.23. The van der Waals surface area contributed by atoms with Crippen LogP contribution in [0.5, 0.6) is 0 Å². The third-order valence-electron chi connectivity index (χ3n) is 3.17. The third-order valence-corrected chi connectivity index (χ3v) is 4.99. The Hall–Kier alpha value is -0.680. The largest absolute Gasteiger partial charge is 0.296 e. The van der Waals surface area contributed by atoms with Crippen LogP contribution in [0.4, 0.5) is 0 Å². The molecule has 0 spiro atoms. The Bertz CT molecular complexity index is 469. The molecule has 2 heterocycles. The summed E-state index contributed by atoms with van der Waals surface area (Å²) in [5.74, 6) is 0.113. The number of carbonyl (C=O) groups excluding carboxylic acids is 2. The van der Waals surface area contributed by atoms with Crippen LogP contribution >= 0.6 is 27.3 Å². The molecule has 0 radical (unpaired) electrons. The molecule has 2 amide bonds. The van der Waals surface area contributed by atoms with E-state index in [0.717, 1.165) is 15.8 Å². The minimum absolute atomic E-state index is 0.0324. The van der Waals surface area contributed by atoms with E-state index in [0.29, 0.717) is 12.3 Å². The molecule has 0 aliphatic carbocycles. The lowest BCUT2D eigenvalue weighted by Crippen LogP contribution is -2.45. The molecule has 0 saturated carbocycles. The molecule has 1 aliphatic heterocycles. The first kappa shape index (κ1) is 13.7. The molecule has 98 valence electrons. The standard InChI is InChI=1S/C13H16BrNO2S/c1-7(2)3-10-9(5-12(16)15-13(10)17)11-4-8(14)6-18-11/h4,6-7,9-10H,3,5H2,1-2H3,(H,15,16,17). The van der Waals surface area contributed by atoms with Crippen molar-refractivity contribution in [1.29, 1.82) is 0 Å². The van der Waals surface area contributed by atoms with E-state index in [1.165, 1.54) is 0 Å². The molecular weight excluding hydrogens is 314 g/mol. The smallest absolute Gasteiger partial charge is 0.230 e. The van der Waals surface area contributed by atoms with E-state index in [1.807, 2.05) is 11.4 Å². The SMILES string of the molecule is CC(C)CC1C(=O)NC(=O)CC1c1cc(Br)cs1. The molecular formula is C13H16BrNO2S. The van der Waals surface area contributed by atoms with Gasteiger partial charge in [0.05, 0.1) is 0 Å². The molecule has 2 unspecified atom stereocenters. The fourth-order valence-corrected chi connectivity index (χ4v) is 4.02. The lowest BCUT2D eigenvalue weighted by atomic mass is 9.79. The van der Waals surface area contributed by atoms with E-state index in [2.05, 4.69) is 35.1 Å². The lowest BCUT2D eigenvalue weighted by molar-refractivity contribution is -0.137. The van der Waals surface area contributed by atoms with Gasteiger partial charge in [0.2, 0.25) is 11.8 Å². The van der Waals surface area contributed by atoms with Gasteiger partial charge in [0.15, 0.2) is 0 Å². The fraction of sp³-hybridized carbons (Fsp3) is 0.538. The minimum Gasteiger partial charge on any atom is -0.296 e. The summed E-state index contributed by atoms with van der Waals surface area (Å²) in [6, 6.07) is 2.02. The van der Waals surface area contributed by atoms with Gasteiger partial charge in [-0.05, 0) is 34.3 Å². The van der Waals surface area contributed by atoms with Gasteiger partial charge in [-0.2, -0.15) is 0 Å². The van der Waals surface area contributed by atoms with Crippen LogP contribution in [0.15, 0.2) is 15.9 Å². The van der Waals surface area contributed by atoms with Crippen molar-refractivity contribution in [3.05, 3.63) is 20.8 Å². The molecule has 3 nitrogen and oxygen atoms in total. The maximum atomic E-state index is 12.0. The molecule has 1 aromatic heterocycles. The summed E-state index contributed by atoms with van der Waals surface area (Å²) in [5, 5.41) is 4.46. The number of hydrogen-bond acceptors (Lipinski definition) is 3. The summed E-state index contributed by atoms with van der Waals surface area (Å²) >= 11 is 5.04. The zero-order chi connectivity index (χ0) is 13.3. The van der Waals surface area contributed by atoms with Crippen LogP contribution in [0.1, 0.15) is 37.5 Å². The fourth-order valence-electron chi connectivity index (χ4n) is 2.41. The predicted molar refractivity (Wildman–Crippen MR) is 75.5 cm³/mol. The van der Waals surface area contributed by atoms with Crippen LogP contribution in [0, 0.1) is 11.8 Å². The first-order chi connectivity index (χ1) is 8.47. The Balaban J connectivity index is 2.27. The van der Waals surface area contributed by atoms with Gasteiger partial charge < -0.3 is 0 Å². The van der Waals surface area contributed by atoms with E-state index in [-0.39, 0.29) is 23.7 Å². The third kappa shape index (κ3) is 3.01. The van der Waals surface area contributed by atoms with Gasteiger partial charge in [0.25, 0.3) is 0 Å². The van der Waals surface area contributed by atoms with Crippen molar-refractivity contribution in [3.8, 4) is 0 Å². The zero-order valence-corrected chi connectivity index (χ0v) is 12.8. The quantitative estimate of drug-likeness (QED) is 0.865. The number of halogens is 1. The number of nitrogens with one attached hydrogen (secondary N) is 1. The summed E-state index contributed by atoms with van der Waals surface area (Å²) in [4.78, 5) is 24.7. The Morgan fingerprint density at radius 1 is 1.50 bits per heavy atom. The topological polar surface area (TPSA) is 46.2 Å². The number of thiophene rings is 1. The highest BCUT2D eigenvalue weighted by Crippen LogP contribution is 2.39. The van der Waals surface area contributed by atoms with Gasteiger partial charge >= 0.3 is 0 Å². The number of amides is 2. The summed E-state index contributed by atoms with van der Waals surface area (Å²) in [7, 11) is 0. The van der Waals surface area contributed by atoms with E-state index >= 15 is 0 Å². The van der Waals surface area contributed by atoms with Crippen LogP contribution in [-0.2, 0) is 9.59 Å². The molecule has 1 aliphatic rings. The molecule has 0 bridgehead atoms. The van der Waals surface area contributed by atoms with Crippen molar-refractivity contribution >= 4 is 39.1 Å². The molecule has 0 aromatic carbocycles. The van der Waals surface area contributed by atoms with E-state index < -0.39 is 0 Å². The van der Waals surface area contributed by atoms with Crippen molar-refractivity contribution in [2.24, 2.45) is 11.8 Å². The molecule has 1 aromatic rings. The van der Waals surface area contributed by atoms with Crippen LogP contribution in [0.25, 0.3) is 0 Å². The summed E-state index contributed by atoms with van der Waals surface area (Å²) in [5.41, 5.74) is 0. The average Bonchev–Trinajstić information content (AvgIpc) is 2.68. The van der Waals surface area contributed by atoms with Crippen molar-refractivity contribution < 1.29 is 9.59 Å². The second-order valence-corrected chi connectivity index (χ2v) is 6.98. The van der Waals surface area contributed by atoms with E-state index in [9.17, 15) is 9.59 Å². The summed E-state index contributed by atoms with van der Waals surface area (Å²) in [6.45, 7) is 4.20. The highest BCUT2D eigenvalue weighted by molar-refractivity contribution is 9.10. The number of piperidine rings is 1. The molecule has 1 saturated heterocycles. The van der Waals surface area contributed by atoms with Crippen LogP contribution in [0.3, 0.4) is 0 Å². The van der Waals surface area contributed by atoms with E-state index in [1.54, 1.807) is 11.3 Å². The van der Waals surface area contributed by atoms with E-state index in [4.69, 9.17) is 0 Å². The van der Waals surface area contributed by atoms with Crippen LogP contribution in [-0.4, -0.2) is 11.8 Å². The van der Waals surface area contributed by atoms with Gasteiger partial charge in [-0.15, -0.1) is 11.3 Å². The Morgan fingerprint density at radius 2 is 2.22 bits per heavy atom. The second-order valence-electron chi connectivity index (χ2n) is 5.13. The maximum absolute atomic E-state index is 12.0. The average molecular weight is 330 g/mol. The van der Waals surface area contributed by atoms with Gasteiger partial charge in [-0.25, -0.2) is 0 Å². The normalized spacial score (nSPS) is 24.4. The number of imide groups is 1. The minimum atomic E-state index is -0.158. The molecule has 2 atom stereocenters. The zero-order valence-electron chi connectivity index (χ0n) is 10.4. The van der Waals surface area contributed by atoms with Crippen molar-refractivity contribution in [1.82, 2.24) is 5.32 Å². The monoisotopic (exact) mass is 329 g/mol. The van der Waals surface area contributed by atoms with Gasteiger partial charge in [0, 0.05) is 33.0 Å². The number of hydrogen-bond donors (Lipinski definition) is 1. The van der Waals surface area contributed by atoms with Crippen LogP contribution in [0.2, 0.25) is 0 Å². The highest BCUT2D eigenvalue weighted by atomic mass is 79.9. The van der Waals surface area contributed by atoms with Gasteiger partial charge in [0.1, 0.15) is 0 Å². The molecule has 18 heavy (non-hydrogen) atoms. The summed E-state index contributed by atoms with van der Waals surface area (Å²) < 4.78 is 1.02. The molecule has 5 heteroatoms. The molecule has 2 rings (SSSR count). The second kappa shape index (κ2) is 5.53. The van der Waals surface area contributed by atoms with Crippen molar-refractivity contribution in [3.63, 3.8) is 0 Å². The van der Waals surface area contributed by atoms with Crippen LogP contribution < -0.4 is 5.32 Å². The Morgan fingerprint density at radius 3 is 2.78 bits per heavy atom. The first-order valence-electron chi connectivity index (χ1n) is 6.05. The lowest BCUT2D eigenvalue weighted by Gasteiger charge is -2.30. The first-order valence-corrected chi connectivity index (χ1v) is 7.72. The Labute approximate surface area is 119 Å². The van der Waals surface area contributed by atoms with Crippen molar-refractivity contribution in [2.45, 2.75) is 32.6 Å². The highest BCUT2D eigenvalue weighted by Gasteiger charge is 2.37. The molecule has 1 N–H and O–H groups in total. The Kier molecular flexibility index (Phi) is 4.22. The van der Waals surface area contributed by atoms with Crippen molar-refractivity contribution in [2.75, 3.05) is 0 Å². The van der Waals surface area contributed by atoms with Gasteiger partial charge in [-0.3, -0.25) is 14.9 Å². The number of rotatable bonds is 3. The van der Waals surface area contributed by atoms with Gasteiger partial charge in [-0.1, -0.05) is 13.8 Å². The predicted octanol–water partition coefficient (Wildman–Crippen LogP) is 3.30. The number of carbonyl (C=O) groups is 2. The molecule has 1 fully saturated rings.